The zero-order chi connectivity index (χ0) is 16.7. The Hall–Kier alpha value is -2.43. The van der Waals surface area contributed by atoms with Gasteiger partial charge in [-0.1, -0.05) is 12.1 Å². The van der Waals surface area contributed by atoms with E-state index in [-0.39, 0.29) is 24.9 Å². The Kier molecular flexibility index (Phi) is 6.09. The number of amides is 2. The van der Waals surface area contributed by atoms with Gasteiger partial charge in [0.25, 0.3) is 11.8 Å². The monoisotopic (exact) mass is 317 g/mol. The van der Waals surface area contributed by atoms with Gasteiger partial charge in [0, 0.05) is 13.1 Å². The van der Waals surface area contributed by atoms with Crippen LogP contribution in [0, 0.1) is 11.3 Å². The summed E-state index contributed by atoms with van der Waals surface area (Å²) < 4.78 is 5.22. The molecule has 1 aromatic rings. The van der Waals surface area contributed by atoms with Gasteiger partial charge in [0.2, 0.25) is 0 Å². The molecule has 1 unspecified atom stereocenters. The van der Waals surface area contributed by atoms with E-state index in [1.54, 1.807) is 36.2 Å². The van der Waals surface area contributed by atoms with Gasteiger partial charge in [-0.15, -0.1) is 0 Å². The van der Waals surface area contributed by atoms with E-state index in [0.717, 1.165) is 4.90 Å². The SMILES string of the molecule is C[NH+](CC(=O)Nc1ccccc1C#N)CC(=O)N1CCOCC1. The van der Waals surface area contributed by atoms with Crippen LogP contribution in [0.4, 0.5) is 5.69 Å². The number of ether oxygens (including phenoxy) is 1. The number of para-hydroxylation sites is 1. The molecule has 2 rings (SSSR count). The average molecular weight is 317 g/mol. The van der Waals surface area contributed by atoms with Crippen molar-refractivity contribution in [1.82, 2.24) is 4.90 Å². The van der Waals surface area contributed by atoms with E-state index < -0.39 is 0 Å². The van der Waals surface area contributed by atoms with Crippen LogP contribution in [0.25, 0.3) is 0 Å². The van der Waals surface area contributed by atoms with Gasteiger partial charge < -0.3 is 19.9 Å². The molecular weight excluding hydrogens is 296 g/mol. The van der Waals surface area contributed by atoms with E-state index in [1.165, 1.54) is 0 Å². The summed E-state index contributed by atoms with van der Waals surface area (Å²) in [6.07, 6.45) is 0. The van der Waals surface area contributed by atoms with Crippen molar-refractivity contribution in [3.63, 3.8) is 0 Å². The van der Waals surface area contributed by atoms with Crippen molar-refractivity contribution >= 4 is 17.5 Å². The van der Waals surface area contributed by atoms with Crippen LogP contribution in [0.2, 0.25) is 0 Å². The Labute approximate surface area is 135 Å². The number of hydrogen-bond donors (Lipinski definition) is 2. The Morgan fingerprint density at radius 2 is 2.00 bits per heavy atom. The molecule has 0 radical (unpaired) electrons. The average Bonchev–Trinajstić information content (AvgIpc) is 2.55. The van der Waals surface area contributed by atoms with Gasteiger partial charge in [-0.2, -0.15) is 5.26 Å². The number of anilines is 1. The normalized spacial score (nSPS) is 15.6. The highest BCUT2D eigenvalue weighted by molar-refractivity contribution is 5.92. The fraction of sp³-hybridized carbons (Fsp3) is 0.438. The molecule has 2 amide bonds. The summed E-state index contributed by atoms with van der Waals surface area (Å²) >= 11 is 0. The summed E-state index contributed by atoms with van der Waals surface area (Å²) in [5, 5.41) is 11.7. The molecule has 0 saturated carbocycles. The highest BCUT2D eigenvalue weighted by Crippen LogP contribution is 2.12. The number of morpholine rings is 1. The second-order valence-corrected chi connectivity index (χ2v) is 5.51. The molecule has 1 aliphatic rings. The minimum atomic E-state index is -0.222. The van der Waals surface area contributed by atoms with E-state index >= 15 is 0 Å². The van der Waals surface area contributed by atoms with Crippen molar-refractivity contribution < 1.29 is 19.2 Å². The molecule has 1 heterocycles. The topological polar surface area (TPSA) is 86.9 Å². The lowest BCUT2D eigenvalue weighted by Gasteiger charge is -2.27. The van der Waals surface area contributed by atoms with Crippen molar-refractivity contribution in [2.24, 2.45) is 0 Å². The van der Waals surface area contributed by atoms with Crippen LogP contribution in [0.5, 0.6) is 0 Å². The number of likely N-dealkylation sites (N-methyl/N-ethyl adjacent to an activating group) is 1. The summed E-state index contributed by atoms with van der Waals surface area (Å²) in [5.74, 6) is -0.198. The standard InChI is InChI=1S/C16H20N4O3/c1-19(12-16(22)20-6-8-23-9-7-20)11-15(21)18-14-5-3-2-4-13(14)10-17/h2-5H,6-9,11-12H2,1H3,(H,18,21)/p+1. The number of benzene rings is 1. The first kappa shape index (κ1) is 16.9. The molecule has 0 aliphatic carbocycles. The number of nitrogens with one attached hydrogen (secondary N) is 2. The van der Waals surface area contributed by atoms with Crippen LogP contribution < -0.4 is 10.2 Å². The van der Waals surface area contributed by atoms with E-state index in [2.05, 4.69) is 5.32 Å². The van der Waals surface area contributed by atoms with Gasteiger partial charge in [-0.25, -0.2) is 0 Å². The summed E-state index contributed by atoms with van der Waals surface area (Å²) in [6, 6.07) is 8.87. The van der Waals surface area contributed by atoms with Crippen LogP contribution in [-0.2, 0) is 14.3 Å². The minimum Gasteiger partial charge on any atom is -0.378 e. The van der Waals surface area contributed by atoms with E-state index in [0.29, 0.717) is 37.6 Å². The van der Waals surface area contributed by atoms with Gasteiger partial charge in [-0.05, 0) is 12.1 Å². The summed E-state index contributed by atoms with van der Waals surface area (Å²) in [4.78, 5) is 26.7. The summed E-state index contributed by atoms with van der Waals surface area (Å²) in [5.41, 5.74) is 0.912. The van der Waals surface area contributed by atoms with Gasteiger partial charge in [0.1, 0.15) is 6.07 Å². The third-order valence-electron chi connectivity index (χ3n) is 3.60. The van der Waals surface area contributed by atoms with Crippen molar-refractivity contribution in [2.45, 2.75) is 0 Å². The van der Waals surface area contributed by atoms with Gasteiger partial charge in [0.15, 0.2) is 13.1 Å². The third-order valence-corrected chi connectivity index (χ3v) is 3.60. The van der Waals surface area contributed by atoms with Crippen LogP contribution in [0.3, 0.4) is 0 Å². The first-order valence-electron chi connectivity index (χ1n) is 7.56. The Morgan fingerprint density at radius 1 is 1.30 bits per heavy atom. The second kappa shape index (κ2) is 8.27. The first-order valence-corrected chi connectivity index (χ1v) is 7.56. The molecule has 23 heavy (non-hydrogen) atoms. The quantitative estimate of drug-likeness (QED) is 0.719. The molecule has 7 nitrogen and oxygen atoms in total. The molecule has 0 spiro atoms. The number of carbonyl (C=O) groups excluding carboxylic acids is 2. The van der Waals surface area contributed by atoms with E-state index in [1.807, 2.05) is 6.07 Å². The molecule has 2 N–H and O–H groups in total. The summed E-state index contributed by atoms with van der Waals surface area (Å²) in [7, 11) is 1.80. The predicted molar refractivity (Wildman–Crippen MR) is 83.8 cm³/mol. The molecule has 7 heteroatoms. The van der Waals surface area contributed by atoms with Gasteiger partial charge in [-0.3, -0.25) is 9.59 Å². The smallest absolute Gasteiger partial charge is 0.279 e. The molecule has 1 saturated heterocycles. The largest absolute Gasteiger partial charge is 0.378 e. The lowest BCUT2D eigenvalue weighted by molar-refractivity contribution is -0.862. The number of hydrogen-bond acceptors (Lipinski definition) is 4. The zero-order valence-electron chi connectivity index (χ0n) is 13.2. The van der Waals surface area contributed by atoms with Gasteiger partial charge >= 0.3 is 0 Å². The predicted octanol–water partition coefficient (Wildman–Crippen LogP) is -1.13. The Bertz CT molecular complexity index is 606. The zero-order valence-corrected chi connectivity index (χ0v) is 13.2. The minimum absolute atomic E-state index is 0.0241. The highest BCUT2D eigenvalue weighted by Gasteiger charge is 2.21. The van der Waals surface area contributed by atoms with Crippen molar-refractivity contribution in [2.75, 3.05) is 51.8 Å². The number of carbonyl (C=O) groups is 2. The fourth-order valence-electron chi connectivity index (χ4n) is 2.40. The van der Waals surface area contributed by atoms with Crippen molar-refractivity contribution in [3.05, 3.63) is 29.8 Å². The van der Waals surface area contributed by atoms with Crippen LogP contribution in [0.15, 0.2) is 24.3 Å². The van der Waals surface area contributed by atoms with E-state index in [4.69, 9.17) is 10.00 Å². The molecule has 1 aliphatic heterocycles. The van der Waals surface area contributed by atoms with Crippen LogP contribution in [-0.4, -0.2) is 63.2 Å². The van der Waals surface area contributed by atoms with Gasteiger partial charge in [0.05, 0.1) is 31.5 Å². The maximum Gasteiger partial charge on any atom is 0.279 e. The number of rotatable bonds is 5. The molecule has 0 bridgehead atoms. The number of nitrogens with zero attached hydrogens (tertiary/aromatic N) is 2. The molecule has 1 fully saturated rings. The van der Waals surface area contributed by atoms with Crippen molar-refractivity contribution in [3.8, 4) is 6.07 Å². The maximum absolute atomic E-state index is 12.1. The molecule has 122 valence electrons. The third kappa shape index (κ3) is 5.06. The maximum atomic E-state index is 12.1. The van der Waals surface area contributed by atoms with Crippen LogP contribution in [0.1, 0.15) is 5.56 Å². The van der Waals surface area contributed by atoms with Crippen molar-refractivity contribution in [1.29, 1.82) is 5.26 Å². The Balaban J connectivity index is 1.82. The molecular formula is C16H21N4O3+. The first-order chi connectivity index (χ1) is 11.1. The molecule has 1 aromatic carbocycles. The molecule has 1 atom stereocenters. The number of quaternary nitrogens is 1. The number of nitriles is 1. The fourth-order valence-corrected chi connectivity index (χ4v) is 2.40. The summed E-state index contributed by atoms with van der Waals surface area (Å²) in [6.45, 7) is 2.76. The lowest BCUT2D eigenvalue weighted by Crippen LogP contribution is -3.11. The van der Waals surface area contributed by atoms with Crippen LogP contribution >= 0.6 is 0 Å². The Morgan fingerprint density at radius 3 is 2.70 bits per heavy atom. The lowest BCUT2D eigenvalue weighted by atomic mass is 10.2. The highest BCUT2D eigenvalue weighted by atomic mass is 16.5. The second-order valence-electron chi connectivity index (χ2n) is 5.51. The van der Waals surface area contributed by atoms with E-state index in [9.17, 15) is 9.59 Å². The molecule has 0 aromatic heterocycles.